The third kappa shape index (κ3) is 3.33. The van der Waals surface area contributed by atoms with Crippen LogP contribution in [0.1, 0.15) is 25.2 Å². The number of nitrogens with zero attached hydrogens (tertiary/aromatic N) is 3. The van der Waals surface area contributed by atoms with Gasteiger partial charge in [0.1, 0.15) is 0 Å². The van der Waals surface area contributed by atoms with Gasteiger partial charge in [0.25, 0.3) is 0 Å². The Morgan fingerprint density at radius 3 is 1.74 bits per heavy atom. The molecule has 0 bridgehead atoms. The lowest BCUT2D eigenvalue weighted by Crippen LogP contribution is -2.21. The van der Waals surface area contributed by atoms with Gasteiger partial charge in [0.2, 0.25) is 0 Å². The second kappa shape index (κ2) is 8.80. The van der Waals surface area contributed by atoms with Crippen molar-refractivity contribution in [3.8, 4) is 33.6 Å². The molecule has 0 saturated heterocycles. The van der Waals surface area contributed by atoms with Gasteiger partial charge < -0.3 is 9.13 Å². The van der Waals surface area contributed by atoms with Gasteiger partial charge in [0, 0.05) is 56.0 Å². The zero-order valence-electron chi connectivity index (χ0n) is 24.1. The van der Waals surface area contributed by atoms with Crippen molar-refractivity contribution in [2.24, 2.45) is 0 Å². The third-order valence-corrected chi connectivity index (χ3v) is 9.24. The molecule has 0 fully saturated rings. The number of pyridine rings is 1. The Hall–Kier alpha value is -5.41. The van der Waals surface area contributed by atoms with Crippen LogP contribution in [-0.4, -0.2) is 14.1 Å². The Kier molecular flexibility index (Phi) is 4.95. The molecule has 9 rings (SSSR count). The van der Waals surface area contributed by atoms with Gasteiger partial charge in [0.15, 0.2) is 0 Å². The minimum Gasteiger partial charge on any atom is -0.312 e. The van der Waals surface area contributed by atoms with Gasteiger partial charge in [0.05, 0.1) is 22.2 Å². The van der Waals surface area contributed by atoms with Crippen LogP contribution in [0.15, 0.2) is 140 Å². The van der Waals surface area contributed by atoms with Crippen LogP contribution in [-0.2, 0) is 5.41 Å². The van der Waals surface area contributed by atoms with Crippen LogP contribution < -0.4 is 0 Å². The third-order valence-electron chi connectivity index (χ3n) is 9.24. The molecule has 0 unspecified atom stereocenters. The number of hydrogen-bond donors (Lipinski definition) is 0. The monoisotopic (exact) mass is 551 g/mol. The zero-order chi connectivity index (χ0) is 28.7. The molecule has 204 valence electrons. The van der Waals surface area contributed by atoms with E-state index < -0.39 is 0 Å². The lowest BCUT2D eigenvalue weighted by molar-refractivity contribution is 0.604. The molecule has 0 radical (unpaired) electrons. The quantitative estimate of drug-likeness (QED) is 0.214. The molecule has 43 heavy (non-hydrogen) atoms. The molecule has 3 heteroatoms. The van der Waals surface area contributed by atoms with Crippen LogP contribution in [0, 0.1) is 0 Å². The first-order chi connectivity index (χ1) is 21.1. The van der Waals surface area contributed by atoms with Crippen molar-refractivity contribution in [3.05, 3.63) is 151 Å². The summed E-state index contributed by atoms with van der Waals surface area (Å²) < 4.78 is 4.92. The first-order valence-corrected chi connectivity index (χ1v) is 14.9. The highest BCUT2D eigenvalue weighted by molar-refractivity contribution is 6.09. The van der Waals surface area contributed by atoms with Crippen LogP contribution in [0.3, 0.4) is 0 Å². The zero-order valence-corrected chi connectivity index (χ0v) is 24.1. The molecule has 8 aromatic rings. The van der Waals surface area contributed by atoms with E-state index in [1.54, 1.807) is 0 Å². The van der Waals surface area contributed by atoms with Gasteiger partial charge in [-0.1, -0.05) is 91.0 Å². The predicted molar refractivity (Wildman–Crippen MR) is 178 cm³/mol. The first-order valence-electron chi connectivity index (χ1n) is 14.9. The Balaban J connectivity index is 1.42. The largest absolute Gasteiger partial charge is 0.312 e. The molecule has 3 heterocycles. The van der Waals surface area contributed by atoms with Gasteiger partial charge in [-0.15, -0.1) is 0 Å². The fraction of sp³-hybridized carbons (Fsp3) is 0.0750. The van der Waals surface area contributed by atoms with Gasteiger partial charge in [-0.2, -0.15) is 0 Å². The van der Waals surface area contributed by atoms with E-state index in [9.17, 15) is 0 Å². The predicted octanol–water partition coefficient (Wildman–Crippen LogP) is 10.1. The molecule has 3 aromatic heterocycles. The highest BCUT2D eigenvalue weighted by Gasteiger charge is 2.42. The maximum Gasteiger partial charge on any atom is 0.0598 e. The molecule has 0 amide bonds. The number of fused-ring (bicyclic) bond motifs is 8. The van der Waals surface area contributed by atoms with E-state index in [4.69, 9.17) is 4.98 Å². The summed E-state index contributed by atoms with van der Waals surface area (Å²) in [7, 11) is 0. The molecule has 0 atom stereocenters. The molecular weight excluding hydrogens is 522 g/mol. The topological polar surface area (TPSA) is 22.8 Å². The van der Waals surface area contributed by atoms with Crippen molar-refractivity contribution in [2.75, 3.05) is 0 Å². The van der Waals surface area contributed by atoms with Crippen molar-refractivity contribution in [1.82, 2.24) is 14.1 Å². The number of hydrogen-bond acceptors (Lipinski definition) is 1. The summed E-state index contributed by atoms with van der Waals surface area (Å²) in [6.45, 7) is 4.63. The summed E-state index contributed by atoms with van der Waals surface area (Å²) in [5.41, 5.74) is 13.0. The van der Waals surface area contributed by atoms with Crippen LogP contribution in [0.5, 0.6) is 0 Å². The molecule has 0 N–H and O–H groups in total. The number of benzene rings is 5. The van der Waals surface area contributed by atoms with Gasteiger partial charge in [-0.25, -0.2) is 0 Å². The number of para-hydroxylation sites is 3. The van der Waals surface area contributed by atoms with E-state index in [0.717, 1.165) is 17.1 Å². The van der Waals surface area contributed by atoms with Gasteiger partial charge >= 0.3 is 0 Å². The lowest BCUT2D eigenvalue weighted by Gasteiger charge is -2.24. The lowest BCUT2D eigenvalue weighted by atomic mass is 9.89. The average Bonchev–Trinajstić information content (AvgIpc) is 3.66. The molecule has 1 aliphatic rings. The van der Waals surface area contributed by atoms with Crippen molar-refractivity contribution >= 4 is 32.7 Å². The summed E-state index contributed by atoms with van der Waals surface area (Å²) in [5, 5.41) is 3.79. The Bertz CT molecular complexity index is 2320. The van der Waals surface area contributed by atoms with E-state index in [1.807, 2.05) is 6.20 Å². The molecule has 3 nitrogen and oxygen atoms in total. The Labute approximate surface area is 250 Å². The van der Waals surface area contributed by atoms with E-state index >= 15 is 0 Å². The number of aromatic nitrogens is 3. The summed E-state index contributed by atoms with van der Waals surface area (Å²) in [4.78, 5) is 4.91. The highest BCUT2D eigenvalue weighted by Crippen LogP contribution is 2.53. The summed E-state index contributed by atoms with van der Waals surface area (Å²) >= 11 is 0. The fourth-order valence-corrected chi connectivity index (χ4v) is 7.44. The molecule has 0 aliphatic heterocycles. The molecular formula is C40H29N3. The van der Waals surface area contributed by atoms with E-state index in [2.05, 4.69) is 156 Å². The van der Waals surface area contributed by atoms with Crippen LogP contribution in [0.2, 0.25) is 0 Å². The van der Waals surface area contributed by atoms with Crippen LogP contribution in [0.4, 0.5) is 0 Å². The minimum absolute atomic E-state index is 0.263. The van der Waals surface area contributed by atoms with E-state index in [1.165, 1.54) is 60.7 Å². The SMILES string of the molecule is CC1(C)c2ncccc2-c2c1n(-c1cc(-c3ccccc3)cc(-n3c4ccccc4c4ccccc43)c1)c1ccccc21. The van der Waals surface area contributed by atoms with Gasteiger partial charge in [-0.3, -0.25) is 4.98 Å². The summed E-state index contributed by atoms with van der Waals surface area (Å²) in [6.07, 6.45) is 1.93. The molecule has 1 aliphatic carbocycles. The van der Waals surface area contributed by atoms with Crippen LogP contribution >= 0.6 is 0 Å². The number of rotatable bonds is 3. The molecule has 5 aromatic carbocycles. The summed E-state index contributed by atoms with van der Waals surface area (Å²) in [6, 6.07) is 48.4. The molecule has 0 saturated carbocycles. The second-order valence-electron chi connectivity index (χ2n) is 12.1. The second-order valence-corrected chi connectivity index (χ2v) is 12.1. The Morgan fingerprint density at radius 2 is 1.07 bits per heavy atom. The first kappa shape index (κ1) is 24.2. The van der Waals surface area contributed by atoms with Crippen molar-refractivity contribution in [3.63, 3.8) is 0 Å². The van der Waals surface area contributed by atoms with E-state index in [0.29, 0.717) is 0 Å². The minimum atomic E-state index is -0.263. The highest BCUT2D eigenvalue weighted by atomic mass is 15.0. The van der Waals surface area contributed by atoms with Crippen molar-refractivity contribution < 1.29 is 0 Å². The maximum absolute atomic E-state index is 4.91. The van der Waals surface area contributed by atoms with Crippen LogP contribution in [0.25, 0.3) is 66.3 Å². The normalized spacial score (nSPS) is 13.5. The molecule has 0 spiro atoms. The van der Waals surface area contributed by atoms with E-state index in [-0.39, 0.29) is 5.41 Å². The standard InChI is InChI=1S/C40H29N3/c1-40(2)38-33(18-12-22-41-38)37-32-17-8-11-21-36(32)43(39(37)40)29-24-27(26-13-4-3-5-14-26)23-28(25-29)42-34-19-9-6-15-30(34)31-16-7-10-20-35(31)42/h3-25H,1-2H3. The maximum atomic E-state index is 4.91. The smallest absolute Gasteiger partial charge is 0.0598 e. The average molecular weight is 552 g/mol. The van der Waals surface area contributed by atoms with Crippen molar-refractivity contribution in [2.45, 2.75) is 19.3 Å². The van der Waals surface area contributed by atoms with Crippen molar-refractivity contribution in [1.29, 1.82) is 0 Å². The Morgan fingerprint density at radius 1 is 0.512 bits per heavy atom. The summed E-state index contributed by atoms with van der Waals surface area (Å²) in [5.74, 6) is 0. The van der Waals surface area contributed by atoms with Gasteiger partial charge in [-0.05, 0) is 67.4 Å². The fourth-order valence-electron chi connectivity index (χ4n) is 7.44.